The van der Waals surface area contributed by atoms with E-state index in [0.29, 0.717) is 5.56 Å². The number of carbonyl (C=O) groups is 2. The van der Waals surface area contributed by atoms with Gasteiger partial charge in [0, 0.05) is 0 Å². The summed E-state index contributed by atoms with van der Waals surface area (Å²) in [4.78, 5) is 23.2. The van der Waals surface area contributed by atoms with E-state index in [0.717, 1.165) is 12.1 Å². The molecule has 0 atom stereocenters. The Kier molecular flexibility index (Phi) is 3.56. The predicted octanol–water partition coefficient (Wildman–Crippen LogP) is 2.10. The molecular weight excluding hydrogens is 267 g/mol. The summed E-state index contributed by atoms with van der Waals surface area (Å²) in [5, 5.41) is 10.0. The van der Waals surface area contributed by atoms with Crippen LogP contribution in [-0.2, 0) is 19.1 Å². The summed E-state index contributed by atoms with van der Waals surface area (Å²) in [5.74, 6) is -2.72. The van der Waals surface area contributed by atoms with Gasteiger partial charge in [0.25, 0.3) is 0 Å². The van der Waals surface area contributed by atoms with Gasteiger partial charge in [-0.1, -0.05) is 12.1 Å². The normalized spacial score (nSPS) is 17.1. The van der Waals surface area contributed by atoms with E-state index < -0.39 is 23.5 Å². The van der Waals surface area contributed by atoms with Crippen LogP contribution in [0.15, 0.2) is 41.4 Å². The maximum atomic E-state index is 12.9. The number of halogens is 1. The van der Waals surface area contributed by atoms with E-state index >= 15 is 0 Å². The maximum absolute atomic E-state index is 12.9. The van der Waals surface area contributed by atoms with E-state index in [-0.39, 0.29) is 16.9 Å². The summed E-state index contributed by atoms with van der Waals surface area (Å²) < 4.78 is 22.2. The molecule has 104 valence electrons. The first-order valence-corrected chi connectivity index (χ1v) is 5.66. The SMILES string of the molecule is COC(=O)/C(C)=C1/OC(=O)C(c2ccc(F)cc2)=C1O. The fourth-order valence-electron chi connectivity index (χ4n) is 1.77. The van der Waals surface area contributed by atoms with Crippen LogP contribution in [0.4, 0.5) is 4.39 Å². The molecule has 1 aliphatic rings. The van der Waals surface area contributed by atoms with E-state index in [2.05, 4.69) is 4.74 Å². The molecule has 1 N–H and O–H groups in total. The second kappa shape index (κ2) is 5.16. The van der Waals surface area contributed by atoms with Crippen LogP contribution in [0.3, 0.4) is 0 Å². The van der Waals surface area contributed by atoms with Crippen LogP contribution in [0.2, 0.25) is 0 Å². The first-order valence-electron chi connectivity index (χ1n) is 5.66. The molecule has 0 spiro atoms. The third kappa shape index (κ3) is 2.27. The number of ether oxygens (including phenoxy) is 2. The average Bonchev–Trinajstić information content (AvgIpc) is 2.73. The summed E-state index contributed by atoms with van der Waals surface area (Å²) in [6.45, 7) is 1.36. The van der Waals surface area contributed by atoms with Gasteiger partial charge in [0.05, 0.1) is 12.7 Å². The van der Waals surface area contributed by atoms with Crippen molar-refractivity contribution in [3.8, 4) is 0 Å². The number of esters is 2. The van der Waals surface area contributed by atoms with Gasteiger partial charge in [0.2, 0.25) is 0 Å². The van der Waals surface area contributed by atoms with Crippen LogP contribution >= 0.6 is 0 Å². The van der Waals surface area contributed by atoms with Gasteiger partial charge in [0.1, 0.15) is 11.4 Å². The number of carbonyl (C=O) groups excluding carboxylic acids is 2. The zero-order valence-electron chi connectivity index (χ0n) is 10.8. The molecule has 0 bridgehead atoms. The molecule has 5 nitrogen and oxygen atoms in total. The second-order valence-corrected chi connectivity index (χ2v) is 4.07. The van der Waals surface area contributed by atoms with Crippen molar-refractivity contribution < 1.29 is 28.6 Å². The van der Waals surface area contributed by atoms with Crippen molar-refractivity contribution in [2.75, 3.05) is 7.11 Å². The molecule has 0 aliphatic carbocycles. The van der Waals surface area contributed by atoms with Gasteiger partial charge in [0.15, 0.2) is 11.5 Å². The lowest BCUT2D eigenvalue weighted by atomic mass is 10.0. The summed E-state index contributed by atoms with van der Waals surface area (Å²) in [6.07, 6.45) is 0. The number of aliphatic hydroxyl groups excluding tert-OH is 1. The highest BCUT2D eigenvalue weighted by atomic mass is 19.1. The van der Waals surface area contributed by atoms with Gasteiger partial charge in [-0.3, -0.25) is 0 Å². The zero-order valence-corrected chi connectivity index (χ0v) is 10.8. The van der Waals surface area contributed by atoms with Crippen molar-refractivity contribution in [1.29, 1.82) is 0 Å². The van der Waals surface area contributed by atoms with Crippen molar-refractivity contribution in [3.63, 3.8) is 0 Å². The highest BCUT2D eigenvalue weighted by Crippen LogP contribution is 2.33. The fraction of sp³-hybridized carbons (Fsp3) is 0.143. The zero-order chi connectivity index (χ0) is 14.9. The molecule has 0 unspecified atom stereocenters. The van der Waals surface area contributed by atoms with Gasteiger partial charge < -0.3 is 14.6 Å². The second-order valence-electron chi connectivity index (χ2n) is 4.07. The van der Waals surface area contributed by atoms with Crippen molar-refractivity contribution >= 4 is 17.5 Å². The standard InChI is InChI=1S/C14H11FO5/c1-7(13(17)19-2)12-11(16)10(14(18)20-12)8-3-5-9(15)6-4-8/h3-6,16H,1-2H3/b12-7+. The van der Waals surface area contributed by atoms with Crippen molar-refractivity contribution in [2.45, 2.75) is 6.92 Å². The highest BCUT2D eigenvalue weighted by molar-refractivity contribution is 6.21. The van der Waals surface area contributed by atoms with Gasteiger partial charge in [-0.2, -0.15) is 0 Å². The smallest absolute Gasteiger partial charge is 0.348 e. The van der Waals surface area contributed by atoms with E-state index in [4.69, 9.17) is 4.74 Å². The van der Waals surface area contributed by atoms with E-state index in [1.165, 1.54) is 26.2 Å². The van der Waals surface area contributed by atoms with Crippen LogP contribution < -0.4 is 0 Å². The van der Waals surface area contributed by atoms with Crippen LogP contribution in [0.25, 0.3) is 5.57 Å². The Morgan fingerprint density at radius 1 is 1.30 bits per heavy atom. The van der Waals surface area contributed by atoms with Gasteiger partial charge >= 0.3 is 11.9 Å². The predicted molar refractivity (Wildman–Crippen MR) is 66.8 cm³/mol. The van der Waals surface area contributed by atoms with Crippen LogP contribution in [-0.4, -0.2) is 24.2 Å². The Morgan fingerprint density at radius 2 is 1.90 bits per heavy atom. The van der Waals surface area contributed by atoms with E-state index in [1.807, 2.05) is 0 Å². The quantitative estimate of drug-likeness (QED) is 0.662. The number of benzene rings is 1. The number of rotatable bonds is 2. The molecule has 0 amide bonds. The Balaban J connectivity index is 2.52. The molecule has 0 fully saturated rings. The maximum Gasteiger partial charge on any atom is 0.348 e. The molecule has 0 saturated heterocycles. The lowest BCUT2D eigenvalue weighted by Gasteiger charge is -2.03. The third-order valence-corrected chi connectivity index (χ3v) is 2.82. The van der Waals surface area contributed by atoms with E-state index in [1.54, 1.807) is 0 Å². The Morgan fingerprint density at radius 3 is 2.45 bits per heavy atom. The number of methoxy groups -OCH3 is 1. The molecule has 2 rings (SSSR count). The van der Waals surface area contributed by atoms with Crippen LogP contribution in [0, 0.1) is 5.82 Å². The van der Waals surface area contributed by atoms with E-state index in [9.17, 15) is 19.1 Å². The molecule has 6 heteroatoms. The number of hydrogen-bond donors (Lipinski definition) is 1. The number of aliphatic hydroxyl groups is 1. The summed E-state index contributed by atoms with van der Waals surface area (Å²) in [7, 11) is 1.17. The first-order chi connectivity index (χ1) is 9.45. The number of hydrogen-bond acceptors (Lipinski definition) is 5. The van der Waals surface area contributed by atoms with Gasteiger partial charge in [-0.25, -0.2) is 14.0 Å². The average molecular weight is 278 g/mol. The van der Waals surface area contributed by atoms with Crippen molar-refractivity contribution in [3.05, 3.63) is 52.7 Å². The Labute approximate surface area is 113 Å². The molecule has 0 saturated carbocycles. The lowest BCUT2D eigenvalue weighted by molar-refractivity contribution is -0.136. The molecule has 1 aromatic rings. The molecular formula is C14H11FO5. The molecule has 0 aromatic heterocycles. The van der Waals surface area contributed by atoms with Gasteiger partial charge in [-0.05, 0) is 24.6 Å². The Bertz CT molecular complexity index is 640. The minimum Gasteiger partial charge on any atom is -0.504 e. The topological polar surface area (TPSA) is 72.8 Å². The van der Waals surface area contributed by atoms with Crippen LogP contribution in [0.5, 0.6) is 0 Å². The minimum absolute atomic E-state index is 0.0320. The van der Waals surface area contributed by atoms with Crippen molar-refractivity contribution in [2.24, 2.45) is 0 Å². The highest BCUT2D eigenvalue weighted by Gasteiger charge is 2.34. The fourth-order valence-corrected chi connectivity index (χ4v) is 1.77. The van der Waals surface area contributed by atoms with Crippen molar-refractivity contribution in [1.82, 2.24) is 0 Å². The number of cyclic esters (lactones) is 1. The third-order valence-electron chi connectivity index (χ3n) is 2.82. The lowest BCUT2D eigenvalue weighted by Crippen LogP contribution is -2.06. The molecule has 1 aromatic carbocycles. The molecule has 0 radical (unpaired) electrons. The largest absolute Gasteiger partial charge is 0.504 e. The summed E-state index contributed by atoms with van der Waals surface area (Å²) in [5.41, 5.74) is 0.139. The van der Waals surface area contributed by atoms with Gasteiger partial charge in [-0.15, -0.1) is 0 Å². The molecule has 20 heavy (non-hydrogen) atoms. The molecule has 1 heterocycles. The molecule has 1 aliphatic heterocycles. The monoisotopic (exact) mass is 278 g/mol. The minimum atomic E-state index is -0.813. The first kappa shape index (κ1) is 13.8. The summed E-state index contributed by atoms with van der Waals surface area (Å²) in [6, 6.07) is 4.96. The summed E-state index contributed by atoms with van der Waals surface area (Å²) >= 11 is 0. The van der Waals surface area contributed by atoms with Crippen LogP contribution in [0.1, 0.15) is 12.5 Å². The Hall–Kier alpha value is -2.63.